The van der Waals surface area contributed by atoms with Crippen molar-refractivity contribution in [2.45, 2.75) is 52.5 Å². The lowest BCUT2D eigenvalue weighted by molar-refractivity contribution is 0.134. The molecule has 0 saturated heterocycles. The van der Waals surface area contributed by atoms with Crippen molar-refractivity contribution < 1.29 is 4.74 Å². The molecule has 0 aliphatic carbocycles. The van der Waals surface area contributed by atoms with Crippen LogP contribution >= 0.6 is 24.0 Å². The minimum absolute atomic E-state index is 0. The number of hydrogen-bond donors (Lipinski definition) is 2. The molecule has 0 aliphatic heterocycles. The maximum Gasteiger partial charge on any atom is 0.191 e. The Labute approximate surface area is 164 Å². The van der Waals surface area contributed by atoms with Gasteiger partial charge in [-0.05, 0) is 45.1 Å². The lowest BCUT2D eigenvalue weighted by Gasteiger charge is -2.16. The second-order valence-corrected chi connectivity index (χ2v) is 5.77. The lowest BCUT2D eigenvalue weighted by atomic mass is 10.2. The lowest BCUT2D eigenvalue weighted by Crippen LogP contribution is -2.42. The van der Waals surface area contributed by atoms with Gasteiger partial charge in [0, 0.05) is 25.7 Å². The van der Waals surface area contributed by atoms with Gasteiger partial charge in [0.1, 0.15) is 0 Å². The summed E-state index contributed by atoms with van der Waals surface area (Å²) in [7, 11) is 0. The van der Waals surface area contributed by atoms with Crippen molar-refractivity contribution in [3.05, 3.63) is 35.9 Å². The molecule has 0 aromatic heterocycles. The SMILES string of the molecule is CCNC(=NCCCCOCCc1ccccc1)NC(C)CC.I. The molecule has 1 rings (SSSR count). The van der Waals surface area contributed by atoms with Gasteiger partial charge in [-0.1, -0.05) is 37.3 Å². The van der Waals surface area contributed by atoms with Gasteiger partial charge in [-0.3, -0.25) is 4.99 Å². The predicted molar refractivity (Wildman–Crippen MR) is 114 cm³/mol. The van der Waals surface area contributed by atoms with Crippen LogP contribution in [0, 0.1) is 0 Å². The van der Waals surface area contributed by atoms with Gasteiger partial charge in [-0.25, -0.2) is 0 Å². The van der Waals surface area contributed by atoms with Gasteiger partial charge >= 0.3 is 0 Å². The highest BCUT2D eigenvalue weighted by molar-refractivity contribution is 14.0. The number of nitrogens with zero attached hydrogens (tertiary/aromatic N) is 1. The first-order valence-corrected chi connectivity index (χ1v) is 8.92. The zero-order valence-corrected chi connectivity index (χ0v) is 17.7. The summed E-state index contributed by atoms with van der Waals surface area (Å²) in [6, 6.07) is 10.9. The molecule has 0 spiro atoms. The van der Waals surface area contributed by atoms with E-state index in [2.05, 4.69) is 60.7 Å². The number of aliphatic imine (C=N–C) groups is 1. The van der Waals surface area contributed by atoms with Gasteiger partial charge in [0.25, 0.3) is 0 Å². The Morgan fingerprint density at radius 2 is 1.88 bits per heavy atom. The average molecular weight is 447 g/mol. The molecule has 1 atom stereocenters. The molecule has 0 radical (unpaired) electrons. The molecule has 1 aromatic rings. The normalized spacial score (nSPS) is 12.4. The van der Waals surface area contributed by atoms with Crippen molar-refractivity contribution >= 4 is 29.9 Å². The maximum atomic E-state index is 5.69. The van der Waals surface area contributed by atoms with Gasteiger partial charge in [0.2, 0.25) is 0 Å². The van der Waals surface area contributed by atoms with Crippen LogP contribution in [0.15, 0.2) is 35.3 Å². The first kappa shape index (κ1) is 23.2. The van der Waals surface area contributed by atoms with E-state index in [9.17, 15) is 0 Å². The van der Waals surface area contributed by atoms with Crippen LogP contribution in [0.25, 0.3) is 0 Å². The van der Waals surface area contributed by atoms with Crippen LogP contribution in [0.2, 0.25) is 0 Å². The minimum atomic E-state index is 0. The number of hydrogen-bond acceptors (Lipinski definition) is 2. The number of ether oxygens (including phenoxy) is 1. The zero-order valence-electron chi connectivity index (χ0n) is 15.4. The third kappa shape index (κ3) is 11.7. The second kappa shape index (κ2) is 15.7. The number of nitrogens with one attached hydrogen (secondary N) is 2. The van der Waals surface area contributed by atoms with Crippen LogP contribution < -0.4 is 10.6 Å². The van der Waals surface area contributed by atoms with Gasteiger partial charge in [0.15, 0.2) is 5.96 Å². The van der Waals surface area contributed by atoms with E-state index in [1.165, 1.54) is 5.56 Å². The molecule has 0 bridgehead atoms. The van der Waals surface area contributed by atoms with E-state index >= 15 is 0 Å². The van der Waals surface area contributed by atoms with Gasteiger partial charge < -0.3 is 15.4 Å². The third-order valence-electron chi connectivity index (χ3n) is 3.68. The highest BCUT2D eigenvalue weighted by Gasteiger charge is 2.01. The van der Waals surface area contributed by atoms with E-state index in [0.29, 0.717) is 6.04 Å². The molecule has 24 heavy (non-hydrogen) atoms. The van der Waals surface area contributed by atoms with Gasteiger partial charge in [0.05, 0.1) is 6.61 Å². The highest BCUT2D eigenvalue weighted by atomic mass is 127. The minimum Gasteiger partial charge on any atom is -0.381 e. The maximum absolute atomic E-state index is 5.69. The molecule has 0 saturated carbocycles. The zero-order chi connectivity index (χ0) is 16.8. The molecule has 5 heteroatoms. The molecule has 1 aromatic carbocycles. The first-order chi connectivity index (χ1) is 11.3. The monoisotopic (exact) mass is 447 g/mol. The number of unbranched alkanes of at least 4 members (excludes halogenated alkanes) is 1. The summed E-state index contributed by atoms with van der Waals surface area (Å²) in [6.07, 6.45) is 4.20. The molecule has 138 valence electrons. The topological polar surface area (TPSA) is 45.7 Å². The van der Waals surface area contributed by atoms with E-state index in [-0.39, 0.29) is 24.0 Å². The largest absolute Gasteiger partial charge is 0.381 e. The average Bonchev–Trinajstić information content (AvgIpc) is 2.58. The van der Waals surface area contributed by atoms with E-state index in [0.717, 1.165) is 57.9 Å². The predicted octanol–water partition coefficient (Wildman–Crippen LogP) is 4.00. The van der Waals surface area contributed by atoms with E-state index < -0.39 is 0 Å². The summed E-state index contributed by atoms with van der Waals surface area (Å²) in [5, 5.41) is 6.69. The van der Waals surface area contributed by atoms with Crippen molar-refractivity contribution in [3.8, 4) is 0 Å². The highest BCUT2D eigenvalue weighted by Crippen LogP contribution is 2.00. The fourth-order valence-electron chi connectivity index (χ4n) is 2.10. The Balaban J connectivity index is 0.00000529. The van der Waals surface area contributed by atoms with Crippen LogP contribution in [0.5, 0.6) is 0 Å². The summed E-state index contributed by atoms with van der Waals surface area (Å²) in [5.74, 6) is 0.923. The van der Waals surface area contributed by atoms with Crippen molar-refractivity contribution in [2.24, 2.45) is 4.99 Å². The summed E-state index contributed by atoms with van der Waals surface area (Å²) >= 11 is 0. The Hall–Kier alpha value is -0.820. The van der Waals surface area contributed by atoms with E-state index in [1.54, 1.807) is 0 Å². The van der Waals surface area contributed by atoms with Crippen LogP contribution in [-0.2, 0) is 11.2 Å². The van der Waals surface area contributed by atoms with Crippen LogP contribution in [0.3, 0.4) is 0 Å². The van der Waals surface area contributed by atoms with Crippen molar-refractivity contribution in [1.29, 1.82) is 0 Å². The number of rotatable bonds is 11. The fourth-order valence-corrected chi connectivity index (χ4v) is 2.10. The molecule has 1 unspecified atom stereocenters. The summed E-state index contributed by atoms with van der Waals surface area (Å²) in [6.45, 7) is 9.79. The molecular weight excluding hydrogens is 413 g/mol. The first-order valence-electron chi connectivity index (χ1n) is 8.92. The van der Waals surface area contributed by atoms with Crippen molar-refractivity contribution in [3.63, 3.8) is 0 Å². The molecule has 0 heterocycles. The van der Waals surface area contributed by atoms with Crippen LogP contribution in [-0.4, -0.2) is 38.3 Å². The standard InChI is InChI=1S/C19H33N3O.HI/c1-4-17(3)22-19(20-5-2)21-14-9-10-15-23-16-13-18-11-7-6-8-12-18;/h6-8,11-12,17H,4-5,9-10,13-16H2,1-3H3,(H2,20,21,22);1H. The van der Waals surface area contributed by atoms with E-state index in [1.807, 2.05) is 6.07 Å². The second-order valence-electron chi connectivity index (χ2n) is 5.77. The third-order valence-corrected chi connectivity index (χ3v) is 3.68. The quantitative estimate of drug-likeness (QED) is 0.233. The Morgan fingerprint density at radius 3 is 2.54 bits per heavy atom. The molecule has 0 fully saturated rings. The van der Waals surface area contributed by atoms with Crippen LogP contribution in [0.1, 0.15) is 45.6 Å². The Kier molecular flexibility index (Phi) is 15.2. The smallest absolute Gasteiger partial charge is 0.191 e. The van der Waals surface area contributed by atoms with E-state index in [4.69, 9.17) is 4.74 Å². The summed E-state index contributed by atoms with van der Waals surface area (Å²) in [5.41, 5.74) is 1.34. The molecule has 0 amide bonds. The Morgan fingerprint density at radius 1 is 1.12 bits per heavy atom. The number of benzene rings is 1. The van der Waals surface area contributed by atoms with Crippen molar-refractivity contribution in [2.75, 3.05) is 26.3 Å². The van der Waals surface area contributed by atoms with Crippen molar-refractivity contribution in [1.82, 2.24) is 10.6 Å². The number of guanidine groups is 1. The molecule has 4 nitrogen and oxygen atoms in total. The summed E-state index contributed by atoms with van der Waals surface area (Å²) in [4.78, 5) is 4.61. The van der Waals surface area contributed by atoms with Gasteiger partial charge in [-0.15, -0.1) is 24.0 Å². The molecule has 2 N–H and O–H groups in total. The molecule has 0 aliphatic rings. The molecular formula is C19H34IN3O. The van der Waals surface area contributed by atoms with Crippen LogP contribution in [0.4, 0.5) is 0 Å². The van der Waals surface area contributed by atoms with Gasteiger partial charge in [-0.2, -0.15) is 0 Å². The number of halogens is 1. The summed E-state index contributed by atoms with van der Waals surface area (Å²) < 4.78 is 5.69. The Bertz CT molecular complexity index is 426. The fraction of sp³-hybridized carbons (Fsp3) is 0.632.